The molecule has 2 aromatic rings. The van der Waals surface area contributed by atoms with E-state index in [4.69, 9.17) is 0 Å². The van der Waals surface area contributed by atoms with E-state index in [-0.39, 0.29) is 6.03 Å². The quantitative estimate of drug-likeness (QED) is 0.939. The zero-order valence-electron chi connectivity index (χ0n) is 14.1. The van der Waals surface area contributed by atoms with Crippen LogP contribution in [0.25, 0.3) is 5.65 Å². The van der Waals surface area contributed by atoms with E-state index in [0.717, 1.165) is 43.1 Å². The van der Waals surface area contributed by atoms with Crippen LogP contribution < -0.4 is 5.32 Å². The predicted molar refractivity (Wildman–Crippen MR) is 92.0 cm³/mol. The topological polar surface area (TPSA) is 74.9 Å². The molecule has 1 N–H and O–H groups in total. The second-order valence-electron chi connectivity index (χ2n) is 6.44. The van der Waals surface area contributed by atoms with Crippen LogP contribution in [0.2, 0.25) is 0 Å². The molecular weight excluding hydrogens is 304 g/mol. The second-order valence-corrected chi connectivity index (χ2v) is 6.44. The molecule has 24 heavy (non-hydrogen) atoms. The summed E-state index contributed by atoms with van der Waals surface area (Å²) < 4.78 is 2.20. The molecule has 2 aliphatic heterocycles. The highest BCUT2D eigenvalue weighted by atomic mass is 16.2. The number of fused-ring (bicyclic) bond motifs is 3. The number of likely N-dealkylation sites (tertiary alicyclic amines) is 1. The fourth-order valence-electron chi connectivity index (χ4n) is 3.88. The van der Waals surface area contributed by atoms with Crippen LogP contribution in [0.1, 0.15) is 37.6 Å². The monoisotopic (exact) mass is 326 g/mol. The molecule has 0 aromatic carbocycles. The van der Waals surface area contributed by atoms with Crippen molar-refractivity contribution >= 4 is 23.7 Å². The highest BCUT2D eigenvalue weighted by Crippen LogP contribution is 2.36. The minimum atomic E-state index is 0.0301. The molecule has 0 saturated carbocycles. The number of hydrogen-bond donors (Lipinski definition) is 1. The molecule has 4 rings (SSSR count). The van der Waals surface area contributed by atoms with Crippen molar-refractivity contribution in [3.8, 4) is 0 Å². The number of carbonyl (C=O) groups is 1. The van der Waals surface area contributed by atoms with E-state index in [0.29, 0.717) is 18.4 Å². The van der Waals surface area contributed by atoms with Gasteiger partial charge in [-0.2, -0.15) is 0 Å². The number of carbonyl (C=O) groups excluding carboxylic acids is 1. The molecule has 4 heterocycles. The summed E-state index contributed by atoms with van der Waals surface area (Å²) in [7, 11) is 0. The van der Waals surface area contributed by atoms with Crippen LogP contribution in [0.3, 0.4) is 0 Å². The lowest BCUT2D eigenvalue weighted by atomic mass is 9.91. The lowest BCUT2D eigenvalue weighted by Crippen LogP contribution is -2.38. The lowest BCUT2D eigenvalue weighted by molar-refractivity contribution is 0.207. The SMILES string of the molecule is CCNC(=O)N1CC(c2cnc3cnc4c(n23)CC=N4)[C@H](CC)C1. The average Bonchev–Trinajstić information content (AvgIpc) is 3.30. The molecule has 2 aliphatic rings. The number of aromatic nitrogens is 3. The first-order valence-corrected chi connectivity index (χ1v) is 8.63. The van der Waals surface area contributed by atoms with Crippen molar-refractivity contribution < 1.29 is 4.79 Å². The molecule has 0 bridgehead atoms. The summed E-state index contributed by atoms with van der Waals surface area (Å²) in [6, 6.07) is 0.0301. The van der Waals surface area contributed by atoms with Crippen molar-refractivity contribution in [1.29, 1.82) is 0 Å². The molecule has 0 aliphatic carbocycles. The molecule has 7 heteroatoms. The zero-order valence-corrected chi connectivity index (χ0v) is 14.1. The van der Waals surface area contributed by atoms with Crippen LogP contribution in [0, 0.1) is 5.92 Å². The minimum Gasteiger partial charge on any atom is -0.338 e. The van der Waals surface area contributed by atoms with Crippen LogP contribution in [0.15, 0.2) is 17.4 Å². The van der Waals surface area contributed by atoms with Gasteiger partial charge in [-0.05, 0) is 12.8 Å². The summed E-state index contributed by atoms with van der Waals surface area (Å²) in [5.41, 5.74) is 3.14. The lowest BCUT2D eigenvalue weighted by Gasteiger charge is -2.17. The van der Waals surface area contributed by atoms with E-state index >= 15 is 0 Å². The van der Waals surface area contributed by atoms with Crippen LogP contribution in [-0.2, 0) is 6.42 Å². The van der Waals surface area contributed by atoms with Gasteiger partial charge in [-0.3, -0.25) is 4.40 Å². The van der Waals surface area contributed by atoms with Crippen LogP contribution >= 0.6 is 0 Å². The van der Waals surface area contributed by atoms with Gasteiger partial charge in [-0.15, -0.1) is 0 Å². The average molecular weight is 326 g/mol. The Bertz CT molecular complexity index is 811. The molecule has 1 saturated heterocycles. The molecule has 1 unspecified atom stereocenters. The van der Waals surface area contributed by atoms with Gasteiger partial charge in [0, 0.05) is 50.1 Å². The molecule has 2 amide bonds. The molecule has 1 fully saturated rings. The standard InChI is InChI=1S/C17H22N6O/c1-3-11-9-22(17(24)18-4-2)10-12(11)14-7-20-15-8-21-16-13(23(14)15)5-6-19-16/h6-8,11-12H,3-5,9-10H2,1-2H3,(H,18,24)/t11-,12?/m1/s1. The largest absolute Gasteiger partial charge is 0.338 e. The van der Waals surface area contributed by atoms with Gasteiger partial charge < -0.3 is 10.2 Å². The van der Waals surface area contributed by atoms with Gasteiger partial charge in [-0.25, -0.2) is 19.8 Å². The summed E-state index contributed by atoms with van der Waals surface area (Å²) in [5.74, 6) is 1.52. The van der Waals surface area contributed by atoms with E-state index < -0.39 is 0 Å². The molecule has 2 aromatic heterocycles. The Morgan fingerprint density at radius 2 is 2.17 bits per heavy atom. The first-order chi connectivity index (χ1) is 11.7. The first kappa shape index (κ1) is 15.1. The molecule has 7 nitrogen and oxygen atoms in total. The smallest absolute Gasteiger partial charge is 0.317 e. The Kier molecular flexibility index (Phi) is 3.70. The van der Waals surface area contributed by atoms with Gasteiger partial charge >= 0.3 is 6.03 Å². The number of hydrogen-bond acceptors (Lipinski definition) is 4. The number of nitrogens with zero attached hydrogens (tertiary/aromatic N) is 5. The Balaban J connectivity index is 1.72. The highest BCUT2D eigenvalue weighted by Gasteiger charge is 2.37. The number of aliphatic imine (C=N–C) groups is 1. The summed E-state index contributed by atoms with van der Waals surface area (Å²) in [4.78, 5) is 27.4. The van der Waals surface area contributed by atoms with Gasteiger partial charge in [0.2, 0.25) is 0 Å². The van der Waals surface area contributed by atoms with E-state index in [1.54, 1.807) is 6.20 Å². The molecular formula is C17H22N6O. The third kappa shape index (κ3) is 2.26. The van der Waals surface area contributed by atoms with Crippen LogP contribution in [0.4, 0.5) is 10.6 Å². The summed E-state index contributed by atoms with van der Waals surface area (Å²) in [6.45, 7) is 6.32. The van der Waals surface area contributed by atoms with Crippen molar-refractivity contribution in [1.82, 2.24) is 24.6 Å². The van der Waals surface area contributed by atoms with Crippen molar-refractivity contribution in [2.24, 2.45) is 10.9 Å². The van der Waals surface area contributed by atoms with E-state index in [9.17, 15) is 4.79 Å². The first-order valence-electron chi connectivity index (χ1n) is 8.63. The van der Waals surface area contributed by atoms with Gasteiger partial charge in [0.15, 0.2) is 11.5 Å². The molecule has 126 valence electrons. The Labute approximate surface area is 140 Å². The van der Waals surface area contributed by atoms with Crippen molar-refractivity contribution in [2.75, 3.05) is 19.6 Å². The zero-order chi connectivity index (χ0) is 16.7. The molecule has 2 atom stereocenters. The van der Waals surface area contributed by atoms with Crippen LogP contribution in [0.5, 0.6) is 0 Å². The number of imidazole rings is 1. The number of rotatable bonds is 3. The fraction of sp³-hybridized carbons (Fsp3) is 0.529. The molecule has 0 radical (unpaired) electrons. The van der Waals surface area contributed by atoms with E-state index in [2.05, 4.69) is 31.6 Å². The maximum Gasteiger partial charge on any atom is 0.317 e. The third-order valence-electron chi connectivity index (χ3n) is 5.11. The second kappa shape index (κ2) is 5.89. The van der Waals surface area contributed by atoms with Crippen molar-refractivity contribution in [3.05, 3.63) is 23.8 Å². The van der Waals surface area contributed by atoms with Gasteiger partial charge in [0.25, 0.3) is 0 Å². The molecule has 0 spiro atoms. The normalized spacial score (nSPS) is 22.3. The predicted octanol–water partition coefficient (Wildman–Crippen LogP) is 2.14. The maximum atomic E-state index is 12.2. The highest BCUT2D eigenvalue weighted by molar-refractivity contribution is 5.75. The fourth-order valence-corrected chi connectivity index (χ4v) is 3.88. The van der Waals surface area contributed by atoms with Gasteiger partial charge in [0.1, 0.15) is 0 Å². The maximum absolute atomic E-state index is 12.2. The Morgan fingerprint density at radius 1 is 1.29 bits per heavy atom. The summed E-state index contributed by atoms with van der Waals surface area (Å²) in [6.07, 6.45) is 7.45. The summed E-state index contributed by atoms with van der Waals surface area (Å²) >= 11 is 0. The summed E-state index contributed by atoms with van der Waals surface area (Å²) in [5, 5.41) is 2.91. The number of urea groups is 1. The van der Waals surface area contributed by atoms with Crippen molar-refractivity contribution in [3.63, 3.8) is 0 Å². The Morgan fingerprint density at radius 3 is 2.96 bits per heavy atom. The van der Waals surface area contributed by atoms with Gasteiger partial charge in [0.05, 0.1) is 11.9 Å². The van der Waals surface area contributed by atoms with Crippen molar-refractivity contribution in [2.45, 2.75) is 32.6 Å². The third-order valence-corrected chi connectivity index (χ3v) is 5.11. The van der Waals surface area contributed by atoms with E-state index in [1.807, 2.05) is 24.2 Å². The number of nitrogens with one attached hydrogen (secondary N) is 1. The Hall–Kier alpha value is -2.44. The minimum absolute atomic E-state index is 0.0301. The van der Waals surface area contributed by atoms with E-state index in [1.165, 1.54) is 5.69 Å². The van der Waals surface area contributed by atoms with Gasteiger partial charge in [-0.1, -0.05) is 13.3 Å². The van der Waals surface area contributed by atoms with Crippen LogP contribution in [-0.4, -0.2) is 51.1 Å². The number of amides is 2.